The number of pyridine rings is 1. The van der Waals surface area contributed by atoms with Crippen molar-refractivity contribution in [3.8, 4) is 11.6 Å². The lowest BCUT2D eigenvalue weighted by Gasteiger charge is -2.18. The van der Waals surface area contributed by atoms with Gasteiger partial charge in [0, 0.05) is 26.2 Å². The van der Waals surface area contributed by atoms with E-state index in [0.29, 0.717) is 41.9 Å². The van der Waals surface area contributed by atoms with E-state index in [0.717, 1.165) is 6.07 Å². The first-order chi connectivity index (χ1) is 13.6. The van der Waals surface area contributed by atoms with Crippen molar-refractivity contribution in [2.45, 2.75) is 19.4 Å². The Morgan fingerprint density at radius 2 is 2.07 bits per heavy atom. The first kappa shape index (κ1) is 19.4. The van der Waals surface area contributed by atoms with Crippen LogP contribution in [0.5, 0.6) is 0 Å². The summed E-state index contributed by atoms with van der Waals surface area (Å²) in [5.41, 5.74) is 1.23. The van der Waals surface area contributed by atoms with Gasteiger partial charge in [-0.2, -0.15) is 4.98 Å². The third kappa shape index (κ3) is 4.87. The third-order valence-corrected chi connectivity index (χ3v) is 4.01. The maximum absolute atomic E-state index is 13.4. The minimum atomic E-state index is -0.880. The number of nitrogens with zero attached hydrogens (tertiary/aromatic N) is 4. The number of hydrogen-bond donors (Lipinski definition) is 2. The van der Waals surface area contributed by atoms with Crippen molar-refractivity contribution in [3.05, 3.63) is 65.6 Å². The third-order valence-electron chi connectivity index (χ3n) is 4.01. The lowest BCUT2D eigenvalue weighted by atomic mass is 10.1. The van der Waals surface area contributed by atoms with E-state index in [1.165, 1.54) is 12.1 Å². The summed E-state index contributed by atoms with van der Waals surface area (Å²) in [7, 11) is 1.63. The van der Waals surface area contributed by atoms with E-state index in [-0.39, 0.29) is 6.04 Å². The van der Waals surface area contributed by atoms with Crippen LogP contribution in [0.15, 0.2) is 52.1 Å². The van der Waals surface area contributed by atoms with Crippen LogP contribution in [0.1, 0.15) is 24.4 Å². The molecule has 28 heavy (non-hydrogen) atoms. The van der Waals surface area contributed by atoms with Gasteiger partial charge in [-0.05, 0) is 36.8 Å². The highest BCUT2D eigenvalue weighted by atomic mass is 19.2. The Morgan fingerprint density at radius 3 is 2.79 bits per heavy atom. The van der Waals surface area contributed by atoms with E-state index in [4.69, 9.17) is 4.52 Å². The first-order valence-electron chi connectivity index (χ1n) is 8.73. The van der Waals surface area contributed by atoms with Gasteiger partial charge >= 0.3 is 0 Å². The monoisotopic (exact) mass is 386 g/mol. The largest absolute Gasteiger partial charge is 0.356 e. The summed E-state index contributed by atoms with van der Waals surface area (Å²) in [5, 5.41) is 10.2. The van der Waals surface area contributed by atoms with Gasteiger partial charge in [-0.25, -0.2) is 8.78 Å². The molecule has 0 bridgehead atoms. The van der Waals surface area contributed by atoms with Crippen LogP contribution in [-0.4, -0.2) is 34.7 Å². The standard InChI is InChI=1S/C19H20F2N6O/c1-12(13-6-7-14(20)15(21)11-13)25-19(22-2)24-10-8-17-26-18(28-27-17)16-5-3-4-9-23-16/h3-7,9,11-12H,8,10H2,1-2H3,(H2,22,24,25). The van der Waals surface area contributed by atoms with Gasteiger partial charge in [0.25, 0.3) is 5.89 Å². The molecule has 0 aliphatic carbocycles. The Balaban J connectivity index is 1.52. The Morgan fingerprint density at radius 1 is 1.21 bits per heavy atom. The number of aliphatic imine (C=N–C) groups is 1. The zero-order valence-corrected chi connectivity index (χ0v) is 15.5. The Bertz CT molecular complexity index is 945. The van der Waals surface area contributed by atoms with Crippen LogP contribution in [0, 0.1) is 11.6 Å². The first-order valence-corrected chi connectivity index (χ1v) is 8.73. The van der Waals surface area contributed by atoms with Crippen LogP contribution in [0.25, 0.3) is 11.6 Å². The van der Waals surface area contributed by atoms with E-state index < -0.39 is 11.6 Å². The molecule has 1 atom stereocenters. The molecular formula is C19H20F2N6O. The van der Waals surface area contributed by atoms with Crippen molar-refractivity contribution < 1.29 is 13.3 Å². The molecule has 3 aromatic rings. The van der Waals surface area contributed by atoms with Crippen LogP contribution >= 0.6 is 0 Å². The average Bonchev–Trinajstić information content (AvgIpc) is 3.18. The highest BCUT2D eigenvalue weighted by molar-refractivity contribution is 5.80. The van der Waals surface area contributed by atoms with Gasteiger partial charge in [-0.3, -0.25) is 9.98 Å². The van der Waals surface area contributed by atoms with Crippen LogP contribution in [-0.2, 0) is 6.42 Å². The lowest BCUT2D eigenvalue weighted by molar-refractivity contribution is 0.421. The van der Waals surface area contributed by atoms with Crippen LogP contribution < -0.4 is 10.6 Å². The topological polar surface area (TPSA) is 88.2 Å². The van der Waals surface area contributed by atoms with Crippen LogP contribution in [0.2, 0.25) is 0 Å². The zero-order chi connectivity index (χ0) is 19.9. The predicted molar refractivity (Wildman–Crippen MR) is 101 cm³/mol. The maximum Gasteiger partial charge on any atom is 0.276 e. The van der Waals surface area contributed by atoms with Crippen LogP contribution in [0.3, 0.4) is 0 Å². The Kier molecular flexibility index (Phi) is 6.25. The van der Waals surface area contributed by atoms with E-state index in [1.54, 1.807) is 19.3 Å². The number of benzene rings is 1. The number of guanidine groups is 1. The molecule has 0 amide bonds. The van der Waals surface area contributed by atoms with Gasteiger partial charge in [-0.15, -0.1) is 0 Å². The maximum atomic E-state index is 13.4. The van der Waals surface area contributed by atoms with Gasteiger partial charge < -0.3 is 15.2 Å². The highest BCUT2D eigenvalue weighted by Gasteiger charge is 2.12. The average molecular weight is 386 g/mol. The number of halogens is 2. The molecule has 3 rings (SSSR count). The molecule has 9 heteroatoms. The van der Waals surface area contributed by atoms with Gasteiger partial charge in [0.15, 0.2) is 23.4 Å². The normalized spacial score (nSPS) is 12.6. The molecule has 1 aromatic carbocycles. The predicted octanol–water partition coefficient (Wildman–Crippen LogP) is 2.88. The van der Waals surface area contributed by atoms with E-state index >= 15 is 0 Å². The van der Waals surface area contributed by atoms with E-state index in [2.05, 4.69) is 30.8 Å². The lowest BCUT2D eigenvalue weighted by Crippen LogP contribution is -2.39. The minimum Gasteiger partial charge on any atom is -0.356 e. The van der Waals surface area contributed by atoms with Crippen LogP contribution in [0.4, 0.5) is 8.78 Å². The molecule has 146 valence electrons. The molecule has 2 aromatic heterocycles. The van der Waals surface area contributed by atoms with Crippen molar-refractivity contribution in [1.29, 1.82) is 0 Å². The molecule has 2 heterocycles. The molecule has 0 aliphatic rings. The Labute approximate surface area is 160 Å². The smallest absolute Gasteiger partial charge is 0.276 e. The molecule has 0 fully saturated rings. The molecule has 0 spiro atoms. The van der Waals surface area contributed by atoms with E-state index in [1.807, 2.05) is 19.1 Å². The summed E-state index contributed by atoms with van der Waals surface area (Å²) < 4.78 is 31.7. The van der Waals surface area contributed by atoms with Gasteiger partial charge in [0.1, 0.15) is 5.69 Å². The van der Waals surface area contributed by atoms with Gasteiger partial charge in [0.2, 0.25) is 0 Å². The molecule has 2 N–H and O–H groups in total. The molecule has 0 saturated carbocycles. The second-order valence-corrected chi connectivity index (χ2v) is 6.02. The fourth-order valence-electron chi connectivity index (χ4n) is 2.51. The van der Waals surface area contributed by atoms with Gasteiger partial charge in [-0.1, -0.05) is 17.3 Å². The summed E-state index contributed by atoms with van der Waals surface area (Å²) >= 11 is 0. The summed E-state index contributed by atoms with van der Waals surface area (Å²) in [6.07, 6.45) is 2.17. The number of aromatic nitrogens is 3. The molecule has 0 saturated heterocycles. The number of hydrogen-bond acceptors (Lipinski definition) is 5. The van der Waals surface area contributed by atoms with Crippen molar-refractivity contribution in [2.75, 3.05) is 13.6 Å². The summed E-state index contributed by atoms with van der Waals surface area (Å²) in [4.78, 5) is 12.6. The zero-order valence-electron chi connectivity index (χ0n) is 15.5. The molecule has 1 unspecified atom stereocenters. The Hall–Kier alpha value is -3.36. The number of rotatable bonds is 6. The quantitative estimate of drug-likeness (QED) is 0.500. The van der Waals surface area contributed by atoms with Gasteiger partial charge in [0.05, 0.1) is 6.04 Å². The fraction of sp³-hybridized carbons (Fsp3) is 0.263. The summed E-state index contributed by atoms with van der Waals surface area (Å²) in [5.74, 6) is -0.327. The van der Waals surface area contributed by atoms with Crippen molar-refractivity contribution in [2.24, 2.45) is 4.99 Å². The van der Waals surface area contributed by atoms with Crippen molar-refractivity contribution >= 4 is 5.96 Å². The molecule has 0 radical (unpaired) electrons. The number of nitrogens with one attached hydrogen (secondary N) is 2. The summed E-state index contributed by atoms with van der Waals surface area (Å²) in [6, 6.07) is 8.99. The SMILES string of the molecule is CN=C(NCCc1noc(-c2ccccn2)n1)NC(C)c1ccc(F)c(F)c1. The minimum absolute atomic E-state index is 0.262. The molecule has 0 aliphatic heterocycles. The highest BCUT2D eigenvalue weighted by Crippen LogP contribution is 2.16. The fourth-order valence-corrected chi connectivity index (χ4v) is 2.51. The van der Waals surface area contributed by atoms with E-state index in [9.17, 15) is 8.78 Å². The van der Waals surface area contributed by atoms with Crippen molar-refractivity contribution in [3.63, 3.8) is 0 Å². The molecular weight excluding hydrogens is 366 g/mol. The summed E-state index contributed by atoms with van der Waals surface area (Å²) in [6.45, 7) is 2.34. The second-order valence-electron chi connectivity index (χ2n) is 6.02. The second kappa shape index (κ2) is 9.03. The van der Waals surface area contributed by atoms with Crippen molar-refractivity contribution in [1.82, 2.24) is 25.8 Å². The molecule has 7 nitrogen and oxygen atoms in total.